The molecule has 2 aromatic carbocycles. The van der Waals surface area contributed by atoms with Gasteiger partial charge < -0.3 is 18.6 Å². The van der Waals surface area contributed by atoms with Crippen molar-refractivity contribution in [1.29, 1.82) is 0 Å². The molecule has 0 atom stereocenters. The lowest BCUT2D eigenvalue weighted by atomic mass is 10.0. The predicted octanol–water partition coefficient (Wildman–Crippen LogP) is 9.09. The molecule has 43 heavy (non-hydrogen) atoms. The number of unbranched alkanes of at least 4 members (excludes halogenated alkanes) is 13. The Labute approximate surface area is 266 Å². The van der Waals surface area contributed by atoms with E-state index in [1.807, 2.05) is 0 Å². The van der Waals surface area contributed by atoms with Gasteiger partial charge in [-0.2, -0.15) is 0 Å². The van der Waals surface area contributed by atoms with Gasteiger partial charge in [-0.15, -0.1) is 0 Å². The summed E-state index contributed by atoms with van der Waals surface area (Å²) in [5.74, 6) is 0. The van der Waals surface area contributed by atoms with Gasteiger partial charge in [0.2, 0.25) is 0 Å². The summed E-state index contributed by atoms with van der Waals surface area (Å²) in [5, 5.41) is 2.57. The normalized spacial score (nSPS) is 12.2. The number of ether oxygens (including phenoxy) is 3. The number of benzene rings is 2. The minimum Gasteiger partial charge on any atom is -0.405 e. The third kappa shape index (κ3) is 15.4. The van der Waals surface area contributed by atoms with E-state index < -0.39 is 8.32 Å². The molecule has 244 valence electrons. The minimum atomic E-state index is -2.50. The zero-order valence-corrected chi connectivity index (χ0v) is 29.3. The summed E-state index contributed by atoms with van der Waals surface area (Å²) in [4.78, 5) is 0. The first-order valence-corrected chi connectivity index (χ1v) is 19.4. The number of hydrogen-bond acceptors (Lipinski definition) is 4. The molecule has 0 radical (unpaired) electrons. The van der Waals surface area contributed by atoms with Crippen LogP contribution in [0.2, 0.25) is 5.04 Å². The molecule has 2 rings (SSSR count). The Morgan fingerprint density at radius 1 is 0.442 bits per heavy atom. The van der Waals surface area contributed by atoms with E-state index in [1.165, 1.54) is 93.8 Å². The highest BCUT2D eigenvalue weighted by atomic mass is 28.4. The van der Waals surface area contributed by atoms with Gasteiger partial charge in [0.15, 0.2) is 0 Å². The maximum atomic E-state index is 6.87. The molecule has 0 aliphatic rings. The lowest BCUT2D eigenvalue weighted by Crippen LogP contribution is -2.66. The molecule has 0 fully saturated rings. The standard InChI is InChI=1S/C38H64O4Si/c1-5-6-7-8-9-10-11-12-13-14-15-16-17-24-29-39-30-31-40-32-33-41-34-35-42-43(38(2,3)4,36-25-20-18-21-26-36)37-27-22-19-23-28-37/h18-23,25-28H,5-17,24,29-35H2,1-4H3. The molecule has 0 saturated heterocycles. The first kappa shape index (κ1) is 37.7. The topological polar surface area (TPSA) is 36.9 Å². The monoisotopic (exact) mass is 612 g/mol. The van der Waals surface area contributed by atoms with E-state index >= 15 is 0 Å². The fourth-order valence-corrected chi connectivity index (χ4v) is 10.5. The third-order valence-corrected chi connectivity index (χ3v) is 13.4. The van der Waals surface area contributed by atoms with Crippen molar-refractivity contribution in [3.8, 4) is 0 Å². The maximum absolute atomic E-state index is 6.87. The van der Waals surface area contributed by atoms with Crippen LogP contribution in [0.15, 0.2) is 60.7 Å². The number of hydrogen-bond donors (Lipinski definition) is 0. The smallest absolute Gasteiger partial charge is 0.261 e. The first-order chi connectivity index (χ1) is 21.0. The van der Waals surface area contributed by atoms with Gasteiger partial charge in [-0.3, -0.25) is 0 Å². The first-order valence-electron chi connectivity index (χ1n) is 17.5. The Morgan fingerprint density at radius 2 is 0.791 bits per heavy atom. The second-order valence-corrected chi connectivity index (χ2v) is 17.3. The van der Waals surface area contributed by atoms with E-state index in [9.17, 15) is 0 Å². The van der Waals surface area contributed by atoms with Gasteiger partial charge in [0.25, 0.3) is 8.32 Å². The zero-order valence-electron chi connectivity index (χ0n) is 28.3. The lowest BCUT2D eigenvalue weighted by Gasteiger charge is -2.43. The van der Waals surface area contributed by atoms with E-state index in [0.29, 0.717) is 39.6 Å². The maximum Gasteiger partial charge on any atom is 0.261 e. The van der Waals surface area contributed by atoms with Crippen LogP contribution < -0.4 is 10.4 Å². The second kappa shape index (κ2) is 23.8. The molecule has 4 nitrogen and oxygen atoms in total. The zero-order chi connectivity index (χ0) is 30.9. The van der Waals surface area contributed by atoms with Crippen LogP contribution in [0, 0.1) is 0 Å². The van der Waals surface area contributed by atoms with E-state index in [1.54, 1.807) is 0 Å². The van der Waals surface area contributed by atoms with Gasteiger partial charge in [-0.05, 0) is 21.8 Å². The SMILES string of the molecule is CCCCCCCCCCCCCCCCOCCOCCOCCO[Si](c1ccccc1)(c1ccccc1)C(C)(C)C. The summed E-state index contributed by atoms with van der Waals surface area (Å²) in [6.45, 7) is 13.6. The van der Waals surface area contributed by atoms with Crippen molar-refractivity contribution in [2.24, 2.45) is 0 Å². The van der Waals surface area contributed by atoms with Gasteiger partial charge in [0.05, 0.1) is 39.6 Å². The van der Waals surface area contributed by atoms with Gasteiger partial charge in [0, 0.05) is 6.61 Å². The van der Waals surface area contributed by atoms with Gasteiger partial charge in [-0.1, -0.05) is 172 Å². The van der Waals surface area contributed by atoms with Crippen LogP contribution in [0.5, 0.6) is 0 Å². The minimum absolute atomic E-state index is 0.0223. The number of rotatable bonds is 27. The van der Waals surface area contributed by atoms with Gasteiger partial charge in [0.1, 0.15) is 0 Å². The molecule has 5 heteroatoms. The van der Waals surface area contributed by atoms with Crippen molar-refractivity contribution in [2.75, 3.05) is 46.2 Å². The molecular formula is C38H64O4Si. The highest BCUT2D eigenvalue weighted by molar-refractivity contribution is 6.99. The fraction of sp³-hybridized carbons (Fsp3) is 0.684. The quantitative estimate of drug-likeness (QED) is 0.0745. The van der Waals surface area contributed by atoms with Gasteiger partial charge >= 0.3 is 0 Å². The predicted molar refractivity (Wildman–Crippen MR) is 186 cm³/mol. The molecule has 0 saturated carbocycles. The molecular weight excluding hydrogens is 549 g/mol. The molecule has 0 aliphatic carbocycles. The van der Waals surface area contributed by atoms with E-state index in [0.717, 1.165) is 13.0 Å². The van der Waals surface area contributed by atoms with Crippen molar-refractivity contribution in [3.63, 3.8) is 0 Å². The Kier molecular flexibility index (Phi) is 20.9. The molecule has 0 heterocycles. The lowest BCUT2D eigenvalue weighted by molar-refractivity contribution is 0.00822. The summed E-state index contributed by atoms with van der Waals surface area (Å²) in [7, 11) is -2.50. The molecule has 0 aliphatic heterocycles. The van der Waals surface area contributed by atoms with E-state index in [-0.39, 0.29) is 5.04 Å². The van der Waals surface area contributed by atoms with Crippen molar-refractivity contribution < 1.29 is 18.6 Å². The molecule has 0 N–H and O–H groups in total. The average Bonchev–Trinajstić information content (AvgIpc) is 3.01. The Morgan fingerprint density at radius 3 is 1.19 bits per heavy atom. The van der Waals surface area contributed by atoms with Crippen molar-refractivity contribution in [2.45, 2.75) is 123 Å². The van der Waals surface area contributed by atoms with Crippen LogP contribution >= 0.6 is 0 Å². The largest absolute Gasteiger partial charge is 0.405 e. The highest BCUT2D eigenvalue weighted by Crippen LogP contribution is 2.36. The molecule has 0 spiro atoms. The van der Waals surface area contributed by atoms with Crippen LogP contribution in [-0.4, -0.2) is 54.6 Å². The van der Waals surface area contributed by atoms with Crippen molar-refractivity contribution in [3.05, 3.63) is 60.7 Å². The van der Waals surface area contributed by atoms with E-state index in [2.05, 4.69) is 88.4 Å². The fourth-order valence-electron chi connectivity index (χ4n) is 5.96. The van der Waals surface area contributed by atoms with Gasteiger partial charge in [-0.25, -0.2) is 0 Å². The second-order valence-electron chi connectivity index (χ2n) is 12.9. The summed E-state index contributed by atoms with van der Waals surface area (Å²) in [6, 6.07) is 21.5. The highest BCUT2D eigenvalue weighted by Gasteiger charge is 2.49. The molecule has 0 aromatic heterocycles. The summed E-state index contributed by atoms with van der Waals surface area (Å²) in [6.07, 6.45) is 19.4. The van der Waals surface area contributed by atoms with E-state index in [4.69, 9.17) is 18.6 Å². The summed E-state index contributed by atoms with van der Waals surface area (Å²) >= 11 is 0. The molecule has 0 unspecified atom stereocenters. The Bertz CT molecular complexity index is 844. The van der Waals surface area contributed by atoms with Crippen LogP contribution in [0.25, 0.3) is 0 Å². The van der Waals surface area contributed by atoms with Crippen LogP contribution in [0.3, 0.4) is 0 Å². The van der Waals surface area contributed by atoms with Crippen molar-refractivity contribution in [1.82, 2.24) is 0 Å². The van der Waals surface area contributed by atoms with Crippen molar-refractivity contribution >= 4 is 18.7 Å². The van der Waals surface area contributed by atoms with Crippen LogP contribution in [0.4, 0.5) is 0 Å². The molecule has 0 amide bonds. The van der Waals surface area contributed by atoms with Crippen LogP contribution in [-0.2, 0) is 18.6 Å². The Balaban J connectivity index is 1.45. The molecule has 2 aromatic rings. The Hall–Kier alpha value is -1.50. The van der Waals surface area contributed by atoms with Crippen LogP contribution in [0.1, 0.15) is 118 Å². The average molecular weight is 613 g/mol. The summed E-state index contributed by atoms with van der Waals surface area (Å²) < 4.78 is 24.2. The summed E-state index contributed by atoms with van der Waals surface area (Å²) in [5.41, 5.74) is 0. The third-order valence-electron chi connectivity index (χ3n) is 8.35. The molecule has 0 bridgehead atoms.